The molecule has 0 aliphatic carbocycles. The summed E-state index contributed by atoms with van der Waals surface area (Å²) in [6, 6.07) is 31.0. The van der Waals surface area contributed by atoms with Crippen molar-refractivity contribution in [2.75, 3.05) is 0 Å². The molecule has 0 aliphatic rings. The predicted molar refractivity (Wildman–Crippen MR) is 123 cm³/mol. The van der Waals surface area contributed by atoms with Crippen LogP contribution in [-0.4, -0.2) is 16.7 Å². The number of rotatable bonds is 4. The average molecular weight is 402 g/mol. The quantitative estimate of drug-likeness (QED) is 0.366. The highest BCUT2D eigenvalue weighted by molar-refractivity contribution is 6.21. The maximum absolute atomic E-state index is 13.4. The highest BCUT2D eigenvalue weighted by atomic mass is 16.3. The number of aromatic hydroxyl groups is 1. The topological polar surface area (TPSA) is 54.4 Å². The van der Waals surface area contributed by atoms with Crippen molar-refractivity contribution in [3.05, 3.63) is 125 Å². The van der Waals surface area contributed by atoms with E-state index in [0.717, 1.165) is 21.5 Å². The number of phenolic OH excluding ortho intramolecular Hbond substituents is 1. The zero-order chi connectivity index (χ0) is 21.4. The number of fused-ring (bicyclic) bond motifs is 2. The number of phenols is 1. The van der Waals surface area contributed by atoms with Gasteiger partial charge >= 0.3 is 0 Å². The van der Waals surface area contributed by atoms with Gasteiger partial charge in [0.2, 0.25) is 0 Å². The zero-order valence-corrected chi connectivity index (χ0v) is 16.6. The number of benzene rings is 5. The minimum atomic E-state index is -0.381. The zero-order valence-electron chi connectivity index (χ0n) is 16.6. The monoisotopic (exact) mass is 402 g/mol. The largest absolute Gasteiger partial charge is 0.507 e. The lowest BCUT2D eigenvalue weighted by Crippen LogP contribution is -2.11. The number of hydrogen-bond donors (Lipinski definition) is 1. The van der Waals surface area contributed by atoms with Crippen molar-refractivity contribution < 1.29 is 14.7 Å². The van der Waals surface area contributed by atoms with E-state index in [1.165, 1.54) is 6.07 Å². The molecule has 0 saturated heterocycles. The van der Waals surface area contributed by atoms with Crippen LogP contribution >= 0.6 is 0 Å². The molecule has 0 bridgehead atoms. The van der Waals surface area contributed by atoms with Crippen molar-refractivity contribution in [3.8, 4) is 5.75 Å². The van der Waals surface area contributed by atoms with Crippen molar-refractivity contribution in [3.63, 3.8) is 0 Å². The number of ketones is 2. The van der Waals surface area contributed by atoms with Crippen LogP contribution in [0.3, 0.4) is 0 Å². The molecule has 5 aromatic rings. The molecule has 0 aromatic heterocycles. The van der Waals surface area contributed by atoms with Crippen molar-refractivity contribution in [2.24, 2.45) is 0 Å². The van der Waals surface area contributed by atoms with E-state index in [9.17, 15) is 14.7 Å². The normalized spacial score (nSPS) is 11.0. The summed E-state index contributed by atoms with van der Waals surface area (Å²) in [7, 11) is 0. The molecule has 0 aliphatic heterocycles. The minimum absolute atomic E-state index is 0.0240. The molecule has 0 unspecified atom stereocenters. The Labute approximate surface area is 179 Å². The van der Waals surface area contributed by atoms with E-state index < -0.39 is 0 Å². The summed E-state index contributed by atoms with van der Waals surface area (Å²) in [5, 5.41) is 14.4. The summed E-state index contributed by atoms with van der Waals surface area (Å²) in [6.07, 6.45) is 0. The molecule has 1 N–H and O–H groups in total. The van der Waals surface area contributed by atoms with Crippen molar-refractivity contribution in [1.82, 2.24) is 0 Å². The highest BCUT2D eigenvalue weighted by Gasteiger charge is 2.23. The molecule has 0 atom stereocenters. The van der Waals surface area contributed by atoms with Gasteiger partial charge in [-0.15, -0.1) is 0 Å². The molecule has 0 amide bonds. The maximum Gasteiger partial charge on any atom is 0.197 e. The summed E-state index contributed by atoms with van der Waals surface area (Å²) in [6.45, 7) is 0. The second-order valence-corrected chi connectivity index (χ2v) is 7.48. The van der Waals surface area contributed by atoms with E-state index in [0.29, 0.717) is 11.1 Å². The fourth-order valence-corrected chi connectivity index (χ4v) is 3.93. The molecule has 0 spiro atoms. The summed E-state index contributed by atoms with van der Waals surface area (Å²) in [4.78, 5) is 26.7. The van der Waals surface area contributed by atoms with Gasteiger partial charge in [-0.3, -0.25) is 9.59 Å². The van der Waals surface area contributed by atoms with Crippen LogP contribution in [0.25, 0.3) is 21.5 Å². The lowest BCUT2D eigenvalue weighted by atomic mass is 9.91. The Morgan fingerprint density at radius 1 is 0.516 bits per heavy atom. The van der Waals surface area contributed by atoms with E-state index in [-0.39, 0.29) is 28.4 Å². The van der Waals surface area contributed by atoms with E-state index in [1.54, 1.807) is 30.3 Å². The highest BCUT2D eigenvalue weighted by Crippen LogP contribution is 2.28. The van der Waals surface area contributed by atoms with Gasteiger partial charge < -0.3 is 5.11 Å². The summed E-state index contributed by atoms with van der Waals surface area (Å²) in [5.41, 5.74) is 1.11. The fourth-order valence-electron chi connectivity index (χ4n) is 3.93. The Morgan fingerprint density at radius 2 is 1.03 bits per heavy atom. The third-order valence-electron chi connectivity index (χ3n) is 5.54. The van der Waals surface area contributed by atoms with E-state index >= 15 is 0 Å². The molecule has 0 heterocycles. The molecule has 5 aromatic carbocycles. The first-order chi connectivity index (χ1) is 15.1. The van der Waals surface area contributed by atoms with Crippen molar-refractivity contribution in [2.45, 2.75) is 0 Å². The smallest absolute Gasteiger partial charge is 0.197 e. The molecule has 0 radical (unpaired) electrons. The molecule has 0 fully saturated rings. The van der Waals surface area contributed by atoms with Gasteiger partial charge in [-0.05, 0) is 39.7 Å². The third kappa shape index (κ3) is 3.36. The van der Waals surface area contributed by atoms with Gasteiger partial charge in [0.25, 0.3) is 0 Å². The van der Waals surface area contributed by atoms with Crippen LogP contribution < -0.4 is 0 Å². The number of carbonyl (C=O) groups is 2. The van der Waals surface area contributed by atoms with Crippen LogP contribution in [0.2, 0.25) is 0 Å². The van der Waals surface area contributed by atoms with Crippen LogP contribution in [-0.2, 0) is 0 Å². The number of carbonyl (C=O) groups excluding carboxylic acids is 2. The average Bonchev–Trinajstić information content (AvgIpc) is 2.82. The minimum Gasteiger partial charge on any atom is -0.507 e. The van der Waals surface area contributed by atoms with Crippen LogP contribution in [0.1, 0.15) is 31.8 Å². The van der Waals surface area contributed by atoms with Gasteiger partial charge in [0.1, 0.15) is 5.75 Å². The Bertz CT molecular complexity index is 1480. The summed E-state index contributed by atoms with van der Waals surface area (Å²) in [5.74, 6) is -0.886. The summed E-state index contributed by atoms with van der Waals surface area (Å²) >= 11 is 0. The molecule has 148 valence electrons. The predicted octanol–water partition coefficient (Wildman–Crippen LogP) is 6.16. The Kier molecular flexibility index (Phi) is 4.57. The first kappa shape index (κ1) is 18.8. The SMILES string of the molecule is O=C(c1ccc2ccccc2c1)c1cccc(O)c1C(=O)c1ccc2ccccc2c1. The standard InChI is InChI=1S/C28H18O3/c29-25-11-5-10-24(27(30)22-14-12-18-6-1-3-8-20(18)16-22)26(25)28(31)23-15-13-19-7-2-4-9-21(19)17-23/h1-17,29H. The van der Waals surface area contributed by atoms with Gasteiger partial charge in [-0.1, -0.05) is 84.9 Å². The van der Waals surface area contributed by atoms with Crippen molar-refractivity contribution >= 4 is 33.1 Å². The van der Waals surface area contributed by atoms with Gasteiger partial charge in [0.15, 0.2) is 11.6 Å². The van der Waals surface area contributed by atoms with Crippen LogP contribution in [0.15, 0.2) is 103 Å². The van der Waals surface area contributed by atoms with Gasteiger partial charge in [-0.2, -0.15) is 0 Å². The molecule has 31 heavy (non-hydrogen) atoms. The Morgan fingerprint density at radius 3 is 1.61 bits per heavy atom. The van der Waals surface area contributed by atoms with Crippen LogP contribution in [0, 0.1) is 0 Å². The van der Waals surface area contributed by atoms with Gasteiger partial charge in [0.05, 0.1) is 5.56 Å². The molecule has 5 rings (SSSR count). The van der Waals surface area contributed by atoms with Gasteiger partial charge in [0, 0.05) is 16.7 Å². The molecule has 3 nitrogen and oxygen atoms in total. The van der Waals surface area contributed by atoms with Crippen LogP contribution in [0.5, 0.6) is 5.75 Å². The molecule has 0 saturated carbocycles. The van der Waals surface area contributed by atoms with E-state index in [4.69, 9.17) is 0 Å². The lowest BCUT2D eigenvalue weighted by Gasteiger charge is -2.11. The van der Waals surface area contributed by atoms with Crippen molar-refractivity contribution in [1.29, 1.82) is 0 Å². The second-order valence-electron chi connectivity index (χ2n) is 7.48. The summed E-state index contributed by atoms with van der Waals surface area (Å²) < 4.78 is 0. The molecule has 3 heteroatoms. The van der Waals surface area contributed by atoms with Crippen LogP contribution in [0.4, 0.5) is 0 Å². The van der Waals surface area contributed by atoms with E-state index in [2.05, 4.69) is 0 Å². The maximum atomic E-state index is 13.4. The first-order valence-corrected chi connectivity index (χ1v) is 10.0. The third-order valence-corrected chi connectivity index (χ3v) is 5.54. The Hall–Kier alpha value is -4.24. The second kappa shape index (κ2) is 7.54. The van der Waals surface area contributed by atoms with Gasteiger partial charge in [-0.25, -0.2) is 0 Å². The van der Waals surface area contributed by atoms with E-state index in [1.807, 2.05) is 66.7 Å². The Balaban J connectivity index is 1.61. The number of hydrogen-bond acceptors (Lipinski definition) is 3. The molecular formula is C28H18O3. The first-order valence-electron chi connectivity index (χ1n) is 10.0. The fraction of sp³-hybridized carbons (Fsp3) is 0. The molecular weight excluding hydrogens is 384 g/mol. The lowest BCUT2D eigenvalue weighted by molar-refractivity contribution is 0.100.